The predicted octanol–water partition coefficient (Wildman–Crippen LogP) is 3.56. The molecule has 5 rings (SSSR count). The first-order valence-corrected chi connectivity index (χ1v) is 11.6. The van der Waals surface area contributed by atoms with Crippen molar-refractivity contribution in [2.75, 3.05) is 31.1 Å². The van der Waals surface area contributed by atoms with Crippen molar-refractivity contribution in [1.29, 1.82) is 0 Å². The molecule has 0 unspecified atom stereocenters. The number of benzene rings is 2. The average molecular weight is 458 g/mol. The zero-order valence-corrected chi connectivity index (χ0v) is 19.2. The van der Waals surface area contributed by atoms with Crippen LogP contribution in [0.5, 0.6) is 0 Å². The van der Waals surface area contributed by atoms with E-state index in [4.69, 9.17) is 4.52 Å². The number of H-pyrrole nitrogens is 1. The number of pyridine rings is 1. The van der Waals surface area contributed by atoms with E-state index in [1.165, 1.54) is 5.69 Å². The fourth-order valence-corrected chi connectivity index (χ4v) is 4.35. The van der Waals surface area contributed by atoms with Crippen LogP contribution in [0.3, 0.4) is 0 Å². The van der Waals surface area contributed by atoms with Crippen molar-refractivity contribution < 1.29 is 9.32 Å². The fraction of sp³-hybridized carbons (Fsp3) is 0.308. The summed E-state index contributed by atoms with van der Waals surface area (Å²) in [6.45, 7) is 5.10. The van der Waals surface area contributed by atoms with Crippen molar-refractivity contribution in [1.82, 2.24) is 20.0 Å². The van der Waals surface area contributed by atoms with Crippen molar-refractivity contribution >= 4 is 22.5 Å². The summed E-state index contributed by atoms with van der Waals surface area (Å²) in [6, 6.07) is 17.9. The van der Waals surface area contributed by atoms with Crippen LogP contribution in [0.15, 0.2) is 63.9 Å². The summed E-state index contributed by atoms with van der Waals surface area (Å²) in [5, 5.41) is 4.90. The topological polar surface area (TPSA) is 95.3 Å². The Hall–Kier alpha value is -3.94. The Kier molecular flexibility index (Phi) is 6.12. The molecule has 1 aliphatic rings. The van der Waals surface area contributed by atoms with Crippen LogP contribution in [-0.2, 0) is 11.2 Å². The number of nitrogens with one attached hydrogen (secondary N) is 1. The number of amides is 1. The molecule has 4 aromatic rings. The van der Waals surface area contributed by atoms with Gasteiger partial charge in [-0.2, -0.15) is 4.98 Å². The SMILES string of the molecule is Cc1ccc2cc(-c3noc(CCCC(=O)N4CCN(c5ccccc5)CC4)n3)c(=O)[nH]c2c1. The van der Waals surface area contributed by atoms with Gasteiger partial charge in [0.2, 0.25) is 17.6 Å². The van der Waals surface area contributed by atoms with Gasteiger partial charge in [-0.05, 0) is 48.6 Å². The summed E-state index contributed by atoms with van der Waals surface area (Å²) in [7, 11) is 0. The van der Waals surface area contributed by atoms with E-state index in [0.29, 0.717) is 30.7 Å². The number of nitrogens with zero attached hydrogens (tertiary/aromatic N) is 4. The Morgan fingerprint density at radius 2 is 1.85 bits per heavy atom. The van der Waals surface area contributed by atoms with Crippen LogP contribution >= 0.6 is 0 Å². The summed E-state index contributed by atoms with van der Waals surface area (Å²) < 4.78 is 5.35. The second-order valence-electron chi connectivity index (χ2n) is 8.67. The quantitative estimate of drug-likeness (QED) is 0.476. The van der Waals surface area contributed by atoms with Gasteiger partial charge in [0.25, 0.3) is 5.56 Å². The molecule has 0 spiro atoms. The number of hydrogen-bond donors (Lipinski definition) is 1. The van der Waals surface area contributed by atoms with Gasteiger partial charge in [0.05, 0.1) is 5.56 Å². The number of aromatic nitrogens is 3. The molecule has 3 heterocycles. The highest BCUT2D eigenvalue weighted by Gasteiger charge is 2.21. The third-order valence-corrected chi connectivity index (χ3v) is 6.25. The molecule has 2 aromatic heterocycles. The number of carbonyl (C=O) groups excluding carboxylic acids is 1. The van der Waals surface area contributed by atoms with E-state index < -0.39 is 0 Å². The van der Waals surface area contributed by atoms with E-state index >= 15 is 0 Å². The number of rotatable bonds is 6. The molecule has 8 heteroatoms. The second kappa shape index (κ2) is 9.51. The molecule has 34 heavy (non-hydrogen) atoms. The number of para-hydroxylation sites is 1. The minimum atomic E-state index is -0.254. The molecule has 1 saturated heterocycles. The number of hydrogen-bond acceptors (Lipinski definition) is 6. The largest absolute Gasteiger partial charge is 0.368 e. The van der Waals surface area contributed by atoms with E-state index in [0.717, 1.165) is 42.6 Å². The molecular formula is C26H27N5O3. The molecule has 0 saturated carbocycles. The zero-order chi connectivity index (χ0) is 23.5. The average Bonchev–Trinajstić information content (AvgIpc) is 3.33. The highest BCUT2D eigenvalue weighted by Crippen LogP contribution is 2.19. The maximum Gasteiger partial charge on any atom is 0.259 e. The molecule has 1 aliphatic heterocycles. The van der Waals surface area contributed by atoms with Gasteiger partial charge in [-0.3, -0.25) is 9.59 Å². The monoisotopic (exact) mass is 457 g/mol. The van der Waals surface area contributed by atoms with E-state index in [2.05, 4.69) is 32.2 Å². The van der Waals surface area contributed by atoms with Gasteiger partial charge in [-0.1, -0.05) is 35.5 Å². The lowest BCUT2D eigenvalue weighted by atomic mass is 10.1. The molecule has 0 aliphatic carbocycles. The molecule has 8 nitrogen and oxygen atoms in total. The second-order valence-corrected chi connectivity index (χ2v) is 8.67. The lowest BCUT2D eigenvalue weighted by Crippen LogP contribution is -2.48. The minimum Gasteiger partial charge on any atom is -0.368 e. The third kappa shape index (κ3) is 4.71. The van der Waals surface area contributed by atoms with E-state index in [1.54, 1.807) is 6.07 Å². The number of anilines is 1. The molecule has 174 valence electrons. The Balaban J connectivity index is 1.15. The standard InChI is InChI=1S/C26H27N5O3/c1-18-10-11-19-17-21(26(33)27-22(19)16-18)25-28-23(34-29-25)8-5-9-24(32)31-14-12-30(13-15-31)20-6-3-2-4-7-20/h2-4,6-7,10-11,16-17H,5,8-9,12-15H2,1H3,(H,27,33). The van der Waals surface area contributed by atoms with Crippen LogP contribution < -0.4 is 10.5 Å². The predicted molar refractivity (Wildman–Crippen MR) is 131 cm³/mol. The molecular weight excluding hydrogens is 430 g/mol. The van der Waals surface area contributed by atoms with Gasteiger partial charge in [0.15, 0.2) is 0 Å². The molecule has 1 fully saturated rings. The van der Waals surface area contributed by atoms with Crippen molar-refractivity contribution in [3.8, 4) is 11.4 Å². The van der Waals surface area contributed by atoms with Crippen molar-refractivity contribution in [3.63, 3.8) is 0 Å². The maximum absolute atomic E-state index is 12.6. The minimum absolute atomic E-state index is 0.147. The van der Waals surface area contributed by atoms with Crippen LogP contribution in [0, 0.1) is 6.92 Å². The highest BCUT2D eigenvalue weighted by molar-refractivity contribution is 5.82. The van der Waals surface area contributed by atoms with Crippen LogP contribution in [0.2, 0.25) is 0 Å². The molecule has 0 bridgehead atoms. The van der Waals surface area contributed by atoms with Crippen LogP contribution in [0.1, 0.15) is 24.3 Å². The van der Waals surface area contributed by atoms with Crippen LogP contribution in [0.25, 0.3) is 22.3 Å². The van der Waals surface area contributed by atoms with E-state index in [-0.39, 0.29) is 17.3 Å². The smallest absolute Gasteiger partial charge is 0.259 e. The number of carbonyl (C=O) groups is 1. The van der Waals surface area contributed by atoms with Gasteiger partial charge in [-0.25, -0.2) is 0 Å². The first-order valence-electron chi connectivity index (χ1n) is 11.6. The van der Waals surface area contributed by atoms with Crippen LogP contribution in [-0.4, -0.2) is 52.1 Å². The molecule has 0 radical (unpaired) electrons. The summed E-state index contributed by atoms with van der Waals surface area (Å²) in [5.41, 5.74) is 3.17. The van der Waals surface area contributed by atoms with E-state index in [9.17, 15) is 9.59 Å². The molecule has 1 amide bonds. The highest BCUT2D eigenvalue weighted by atomic mass is 16.5. The Bertz CT molecular complexity index is 1350. The van der Waals surface area contributed by atoms with Crippen molar-refractivity contribution in [2.45, 2.75) is 26.2 Å². The summed E-state index contributed by atoms with van der Waals surface area (Å²) >= 11 is 0. The van der Waals surface area contributed by atoms with Gasteiger partial charge < -0.3 is 19.3 Å². The number of piperazine rings is 1. The molecule has 0 atom stereocenters. The summed E-state index contributed by atoms with van der Waals surface area (Å²) in [5.74, 6) is 0.843. The first kappa shape index (κ1) is 21.9. The van der Waals surface area contributed by atoms with Crippen molar-refractivity contribution in [2.24, 2.45) is 0 Å². The Morgan fingerprint density at radius 1 is 1.06 bits per heavy atom. The van der Waals surface area contributed by atoms with Crippen molar-refractivity contribution in [3.05, 3.63) is 76.4 Å². The third-order valence-electron chi connectivity index (χ3n) is 6.25. The van der Waals surface area contributed by atoms with Gasteiger partial charge in [-0.15, -0.1) is 0 Å². The summed E-state index contributed by atoms with van der Waals surface area (Å²) in [6.07, 6.45) is 1.54. The zero-order valence-electron chi connectivity index (χ0n) is 19.2. The number of fused-ring (bicyclic) bond motifs is 1. The van der Waals surface area contributed by atoms with Crippen LogP contribution in [0.4, 0.5) is 5.69 Å². The normalized spacial score (nSPS) is 14.0. The number of aromatic amines is 1. The first-order chi connectivity index (χ1) is 16.6. The Labute approximate surface area is 197 Å². The fourth-order valence-electron chi connectivity index (χ4n) is 4.35. The van der Waals surface area contributed by atoms with Gasteiger partial charge in [0, 0.05) is 50.2 Å². The van der Waals surface area contributed by atoms with Gasteiger partial charge in [0.1, 0.15) is 0 Å². The lowest BCUT2D eigenvalue weighted by molar-refractivity contribution is -0.131. The Morgan fingerprint density at radius 3 is 2.65 bits per heavy atom. The summed E-state index contributed by atoms with van der Waals surface area (Å²) in [4.78, 5) is 36.7. The van der Waals surface area contributed by atoms with E-state index in [1.807, 2.05) is 48.2 Å². The molecule has 2 aromatic carbocycles. The van der Waals surface area contributed by atoms with Gasteiger partial charge >= 0.3 is 0 Å². The molecule has 1 N–H and O–H groups in total. The lowest BCUT2D eigenvalue weighted by Gasteiger charge is -2.36. The maximum atomic E-state index is 12.6. The number of aryl methyl sites for hydroxylation is 2.